The normalized spacial score (nSPS) is 17.5. The average molecular weight is 448 g/mol. The first kappa shape index (κ1) is 20.7. The molecule has 5 heterocycles. The summed E-state index contributed by atoms with van der Waals surface area (Å²) in [6.45, 7) is 10.6. The molecule has 0 unspecified atom stereocenters. The van der Waals surface area contributed by atoms with E-state index in [-0.39, 0.29) is 16.8 Å². The number of hydrogen-bond acceptors (Lipinski definition) is 8. The van der Waals surface area contributed by atoms with Crippen LogP contribution in [0.5, 0.6) is 5.75 Å². The molecule has 0 fully saturated rings. The second-order valence-electron chi connectivity index (χ2n) is 9.46. The zero-order valence-electron chi connectivity index (χ0n) is 18.7. The van der Waals surface area contributed by atoms with Crippen molar-refractivity contribution in [2.45, 2.75) is 52.1 Å². The molecule has 0 bridgehead atoms. The number of pyridine rings is 1. The van der Waals surface area contributed by atoms with Gasteiger partial charge in [-0.2, -0.15) is 4.37 Å². The molecule has 8 nitrogen and oxygen atoms in total. The summed E-state index contributed by atoms with van der Waals surface area (Å²) < 4.78 is 6.03. The van der Waals surface area contributed by atoms with Gasteiger partial charge in [0.2, 0.25) is 5.78 Å². The van der Waals surface area contributed by atoms with E-state index in [1.165, 1.54) is 17.1 Å². The molecule has 164 valence electrons. The molecule has 9 heteroatoms. The number of aromatic hydroxyl groups is 1. The maximum atomic E-state index is 10.6. The Hall–Kier alpha value is -3.17. The molecule has 0 atom stereocenters. The molecule has 1 aliphatic rings. The van der Waals surface area contributed by atoms with Crippen molar-refractivity contribution in [2.24, 2.45) is 0 Å². The van der Waals surface area contributed by atoms with Crippen LogP contribution in [0.1, 0.15) is 45.6 Å². The second-order valence-corrected chi connectivity index (χ2v) is 10.2. The zero-order chi connectivity index (χ0) is 22.7. The van der Waals surface area contributed by atoms with Gasteiger partial charge in [0.15, 0.2) is 0 Å². The van der Waals surface area contributed by atoms with E-state index in [0.717, 1.165) is 22.7 Å². The van der Waals surface area contributed by atoms with Gasteiger partial charge in [0, 0.05) is 35.2 Å². The van der Waals surface area contributed by atoms with Crippen LogP contribution >= 0.6 is 11.5 Å². The van der Waals surface area contributed by atoms with Crippen LogP contribution in [0.4, 0.5) is 0 Å². The summed E-state index contributed by atoms with van der Waals surface area (Å²) >= 11 is 1.28. The minimum absolute atomic E-state index is 0.0229. The summed E-state index contributed by atoms with van der Waals surface area (Å²) in [6, 6.07) is 3.66. The lowest BCUT2D eigenvalue weighted by atomic mass is 9.82. The maximum absolute atomic E-state index is 10.6. The van der Waals surface area contributed by atoms with E-state index < -0.39 is 0 Å². The Kier molecular flexibility index (Phi) is 4.65. The van der Waals surface area contributed by atoms with E-state index in [1.807, 2.05) is 29.8 Å². The van der Waals surface area contributed by atoms with Crippen molar-refractivity contribution in [3.05, 3.63) is 48.3 Å². The highest BCUT2D eigenvalue weighted by molar-refractivity contribution is 7.09. The summed E-state index contributed by atoms with van der Waals surface area (Å²) in [6.07, 6.45) is 8.58. The Morgan fingerprint density at radius 1 is 1.12 bits per heavy atom. The standard InChI is InChI=1S/C23H25N7OS/c1-13-25-20(32-28-13)14-8-18(31)19(24-11-14)17-12-30-7-6-16(26-21(30)27-17)15-9-22(2,3)29-23(4,5)10-15/h6-9,11-12,29,31H,10H2,1-5H3. The molecule has 4 aromatic rings. The molecule has 0 saturated heterocycles. The Labute approximate surface area is 190 Å². The third kappa shape index (κ3) is 3.89. The lowest BCUT2D eigenvalue weighted by molar-refractivity contribution is 0.297. The summed E-state index contributed by atoms with van der Waals surface area (Å²) in [5, 5.41) is 15.0. The van der Waals surface area contributed by atoms with Gasteiger partial charge >= 0.3 is 0 Å². The molecule has 5 rings (SSSR count). The molecule has 0 aromatic carbocycles. The third-order valence-electron chi connectivity index (χ3n) is 5.37. The van der Waals surface area contributed by atoms with Crippen molar-refractivity contribution < 1.29 is 5.11 Å². The number of aryl methyl sites for hydroxylation is 1. The van der Waals surface area contributed by atoms with Gasteiger partial charge < -0.3 is 10.4 Å². The molecule has 4 aromatic heterocycles. The molecule has 0 spiro atoms. The van der Waals surface area contributed by atoms with Gasteiger partial charge in [-0.3, -0.25) is 4.40 Å². The van der Waals surface area contributed by atoms with Crippen molar-refractivity contribution >= 4 is 22.9 Å². The highest BCUT2D eigenvalue weighted by atomic mass is 32.1. The molecular formula is C23H25N7OS. The van der Waals surface area contributed by atoms with Crippen LogP contribution in [-0.4, -0.2) is 44.9 Å². The molecule has 32 heavy (non-hydrogen) atoms. The zero-order valence-corrected chi connectivity index (χ0v) is 19.5. The van der Waals surface area contributed by atoms with E-state index in [2.05, 4.69) is 58.4 Å². The van der Waals surface area contributed by atoms with Crippen molar-refractivity contribution in [1.82, 2.24) is 34.0 Å². The monoisotopic (exact) mass is 447 g/mol. The smallest absolute Gasteiger partial charge is 0.234 e. The summed E-state index contributed by atoms with van der Waals surface area (Å²) in [5.41, 5.74) is 3.67. The van der Waals surface area contributed by atoms with Gasteiger partial charge in [-0.05, 0) is 70.3 Å². The number of nitrogens with one attached hydrogen (secondary N) is 1. The first-order valence-electron chi connectivity index (χ1n) is 10.5. The van der Waals surface area contributed by atoms with Crippen molar-refractivity contribution in [3.63, 3.8) is 0 Å². The predicted octanol–water partition coefficient (Wildman–Crippen LogP) is 4.26. The van der Waals surface area contributed by atoms with Crippen molar-refractivity contribution in [2.75, 3.05) is 0 Å². The van der Waals surface area contributed by atoms with E-state index in [4.69, 9.17) is 4.98 Å². The Bertz CT molecular complexity index is 1370. The maximum Gasteiger partial charge on any atom is 0.234 e. The number of hydrogen-bond donors (Lipinski definition) is 2. The van der Waals surface area contributed by atoms with Crippen LogP contribution in [0.3, 0.4) is 0 Å². The molecule has 0 aliphatic carbocycles. The lowest BCUT2D eigenvalue weighted by Gasteiger charge is -2.41. The van der Waals surface area contributed by atoms with Crippen LogP contribution in [0.25, 0.3) is 33.3 Å². The highest BCUT2D eigenvalue weighted by Gasteiger charge is 2.33. The van der Waals surface area contributed by atoms with Crippen molar-refractivity contribution in [3.8, 4) is 27.7 Å². The Morgan fingerprint density at radius 2 is 1.91 bits per heavy atom. The van der Waals surface area contributed by atoms with Gasteiger partial charge in [0.1, 0.15) is 28.0 Å². The largest absolute Gasteiger partial charge is 0.506 e. The van der Waals surface area contributed by atoms with Crippen LogP contribution in [0.15, 0.2) is 36.8 Å². The summed E-state index contributed by atoms with van der Waals surface area (Å²) in [5.74, 6) is 1.31. The number of aromatic nitrogens is 6. The fourth-order valence-corrected chi connectivity index (χ4v) is 5.08. The number of rotatable bonds is 3. The van der Waals surface area contributed by atoms with Crippen LogP contribution in [-0.2, 0) is 0 Å². The SMILES string of the molecule is Cc1nsc(-c2cnc(-c3cn4ccc(C5=CC(C)(C)NC(C)(C)C5)nc4n3)c(O)c2)n1. The van der Waals surface area contributed by atoms with Gasteiger partial charge in [0.25, 0.3) is 0 Å². The molecule has 0 amide bonds. The topological polar surface area (TPSA) is 101 Å². The first-order chi connectivity index (χ1) is 15.1. The van der Waals surface area contributed by atoms with E-state index in [0.29, 0.717) is 23.0 Å². The number of imidazole rings is 1. The van der Waals surface area contributed by atoms with Gasteiger partial charge in [-0.25, -0.2) is 19.9 Å². The fourth-order valence-electron chi connectivity index (χ4n) is 4.43. The minimum atomic E-state index is -0.117. The Balaban J connectivity index is 1.50. The molecule has 2 N–H and O–H groups in total. The van der Waals surface area contributed by atoms with E-state index in [1.54, 1.807) is 12.3 Å². The third-order valence-corrected chi connectivity index (χ3v) is 6.22. The summed E-state index contributed by atoms with van der Waals surface area (Å²) in [4.78, 5) is 18.2. The van der Waals surface area contributed by atoms with E-state index in [9.17, 15) is 5.11 Å². The van der Waals surface area contributed by atoms with Crippen LogP contribution in [0.2, 0.25) is 0 Å². The minimum Gasteiger partial charge on any atom is -0.506 e. The van der Waals surface area contributed by atoms with Gasteiger partial charge in [-0.1, -0.05) is 6.08 Å². The molecule has 0 saturated carbocycles. The average Bonchev–Trinajstić information content (AvgIpc) is 3.30. The fraction of sp³-hybridized carbons (Fsp3) is 0.348. The molecular weight excluding hydrogens is 422 g/mol. The Morgan fingerprint density at radius 3 is 2.59 bits per heavy atom. The van der Waals surface area contributed by atoms with Crippen molar-refractivity contribution in [1.29, 1.82) is 0 Å². The first-order valence-corrected chi connectivity index (χ1v) is 11.2. The van der Waals surface area contributed by atoms with Crippen LogP contribution < -0.4 is 5.32 Å². The van der Waals surface area contributed by atoms with Gasteiger partial charge in [0.05, 0.1) is 5.69 Å². The second kappa shape index (κ2) is 7.18. The molecule has 0 radical (unpaired) electrons. The van der Waals surface area contributed by atoms with Crippen LogP contribution in [0, 0.1) is 6.92 Å². The lowest BCUT2D eigenvalue weighted by Crippen LogP contribution is -2.53. The quantitative estimate of drug-likeness (QED) is 0.484. The van der Waals surface area contributed by atoms with E-state index >= 15 is 0 Å². The number of fused-ring (bicyclic) bond motifs is 1. The summed E-state index contributed by atoms with van der Waals surface area (Å²) in [7, 11) is 0. The van der Waals surface area contributed by atoms with Gasteiger partial charge in [-0.15, -0.1) is 0 Å². The molecule has 1 aliphatic heterocycles. The number of nitrogens with zero attached hydrogens (tertiary/aromatic N) is 6. The highest BCUT2D eigenvalue weighted by Crippen LogP contribution is 2.34. The predicted molar refractivity (Wildman–Crippen MR) is 125 cm³/mol.